The second-order valence-electron chi connectivity index (χ2n) is 25.9. The molecule has 5 N–H and O–H groups in total. The number of aromatic nitrogens is 12. The quantitative estimate of drug-likeness (QED) is 0.0348. The summed E-state index contributed by atoms with van der Waals surface area (Å²) in [7, 11) is 15.2. The third kappa shape index (κ3) is 18.0. The topological polar surface area (TPSA) is 320 Å². The van der Waals surface area contributed by atoms with Crippen LogP contribution in [0.4, 0.5) is 34.1 Å². The predicted octanol–water partition coefficient (Wildman–Crippen LogP) is 10.7. The number of nitrogens with one attached hydrogen (secondary N) is 3. The number of nitrogens with two attached hydrogens (primary N) is 1. The number of anilines is 6. The number of fused-ring (bicyclic) bond motifs is 4. The van der Waals surface area contributed by atoms with E-state index < -0.39 is 0 Å². The molecule has 4 amide bonds. The van der Waals surface area contributed by atoms with Crippen LogP contribution in [0.25, 0.3) is 66.9 Å². The largest absolute Gasteiger partial charge is 0.497 e. The molecule has 29 heteroatoms. The van der Waals surface area contributed by atoms with E-state index in [2.05, 4.69) is 69.8 Å². The standard InChI is InChI=1S/C31H28N6O4.C26H31N7O2.C24H27N7O3/c1-35-19-20(17-33-35)29-18-32-27-10-9-21(15-28(27)34-29)36(22-13-23(40-2)16-24(14-22)41-3)11-6-12-37-30(38)25-7-4-5-8-26(25)31(37)39;1-17(2)28-8-9-33(21-10-18(26(34)27-3)11-22(12-21)35-5)20-6-7-23-24(13-20)31-25(15-29-23)19-14-30-32(4)16-19;1-30-14-16(12-28-30)23-13-27-21-5-4-17(10-22(21)29-23)31(15-24(32)26-7-6-25)18-8-19(33-2)11-20(9-18)34-3/h4-5,7-10,13-19H,6,11-12H2,1-3H3;6-7,10-17,28H,8-9H2,1-5H3,(H,27,34);4-5,8-14H,6-7,15,25H2,1-3H3,(H,26,32). The van der Waals surface area contributed by atoms with Gasteiger partial charge in [0.1, 0.15) is 35.3 Å². The first-order valence-electron chi connectivity index (χ1n) is 35.5. The van der Waals surface area contributed by atoms with Crippen LogP contribution >= 0.6 is 0 Å². The van der Waals surface area contributed by atoms with Gasteiger partial charge in [0, 0.05) is 191 Å². The lowest BCUT2D eigenvalue weighted by Gasteiger charge is -2.27. The van der Waals surface area contributed by atoms with Crippen molar-refractivity contribution in [2.24, 2.45) is 26.9 Å². The molecule has 7 aromatic carbocycles. The minimum absolute atomic E-state index is 0.0670. The number of hydrogen-bond donors (Lipinski definition) is 4. The Kier molecular flexibility index (Phi) is 24.2. The molecule has 14 rings (SSSR count). The Morgan fingerprint density at radius 3 is 1.26 bits per heavy atom. The molecule has 29 nitrogen and oxygen atoms in total. The number of carbonyl (C=O) groups excluding carboxylic acids is 4. The van der Waals surface area contributed by atoms with Crippen molar-refractivity contribution in [3.63, 3.8) is 0 Å². The van der Waals surface area contributed by atoms with E-state index in [0.717, 1.165) is 96.3 Å². The van der Waals surface area contributed by atoms with E-state index in [1.54, 1.807) is 130 Å². The number of hydrogen-bond acceptors (Lipinski definition) is 23. The molecule has 0 radical (unpaired) electrons. The number of nitrogens with zero attached hydrogens (tertiary/aromatic N) is 16. The monoisotopic (exact) mass is 1480 g/mol. The second kappa shape index (κ2) is 34.9. The van der Waals surface area contributed by atoms with Gasteiger partial charge in [-0.3, -0.25) is 53.1 Å². The van der Waals surface area contributed by atoms with Crippen molar-refractivity contribution < 1.29 is 42.9 Å². The lowest BCUT2D eigenvalue weighted by Crippen LogP contribution is -2.37. The van der Waals surface area contributed by atoms with Crippen molar-refractivity contribution in [1.82, 2.24) is 80.1 Å². The lowest BCUT2D eigenvalue weighted by atomic mass is 10.1. The van der Waals surface area contributed by atoms with Gasteiger partial charge in [-0.25, -0.2) is 15.0 Å². The van der Waals surface area contributed by atoms with E-state index in [4.69, 9.17) is 44.4 Å². The zero-order valence-corrected chi connectivity index (χ0v) is 63.0. The van der Waals surface area contributed by atoms with Crippen molar-refractivity contribution in [3.05, 3.63) is 206 Å². The highest BCUT2D eigenvalue weighted by atomic mass is 16.5. The number of methoxy groups -OCH3 is 5. The maximum Gasteiger partial charge on any atom is 0.261 e. The van der Waals surface area contributed by atoms with Gasteiger partial charge in [0.05, 0.1) is 134 Å². The number of amides is 4. The maximum absolute atomic E-state index is 12.9. The number of imide groups is 1. The lowest BCUT2D eigenvalue weighted by molar-refractivity contribution is -0.119. The van der Waals surface area contributed by atoms with Crippen LogP contribution in [0.3, 0.4) is 0 Å². The summed E-state index contributed by atoms with van der Waals surface area (Å²) in [4.78, 5) is 86.6. The molecule has 1 aliphatic heterocycles. The second-order valence-corrected chi connectivity index (χ2v) is 25.9. The van der Waals surface area contributed by atoms with Gasteiger partial charge in [-0.1, -0.05) is 26.0 Å². The Hall–Kier alpha value is -13.4. The number of aryl methyl sites for hydroxylation is 3. The predicted molar refractivity (Wildman–Crippen MR) is 423 cm³/mol. The first-order valence-corrected chi connectivity index (χ1v) is 35.5. The normalized spacial score (nSPS) is 11.6. The Bertz CT molecular complexity index is 5390. The Labute approximate surface area is 635 Å². The van der Waals surface area contributed by atoms with Crippen molar-refractivity contribution in [2.45, 2.75) is 26.3 Å². The third-order valence-corrected chi connectivity index (χ3v) is 18.0. The van der Waals surface area contributed by atoms with Crippen LogP contribution in [0.15, 0.2) is 189 Å². The summed E-state index contributed by atoms with van der Waals surface area (Å²) in [5.74, 6) is 2.27. The van der Waals surface area contributed by atoms with Crippen LogP contribution in [0, 0.1) is 0 Å². The molecule has 6 aromatic heterocycles. The molecule has 0 fully saturated rings. The molecule has 0 unspecified atom stereocenters. The molecule has 0 bridgehead atoms. The van der Waals surface area contributed by atoms with Crippen LogP contribution in [-0.2, 0) is 25.9 Å². The van der Waals surface area contributed by atoms with E-state index in [1.807, 2.05) is 142 Å². The summed E-state index contributed by atoms with van der Waals surface area (Å²) in [6, 6.07) is 41.6. The van der Waals surface area contributed by atoms with Crippen LogP contribution < -0.4 is 60.1 Å². The SMILES string of the molecule is CNC(=O)c1cc(OC)cc(N(CCNC(C)C)c2ccc3ncc(-c4cnn(C)c4)nc3c2)c1.COc1cc(OC)cc(N(CC(=O)NCCN)c2ccc3ncc(-c4cnn(C)c4)nc3c2)c1.COc1cc(OC)cc(N(CCCN2C(=O)c3ccccc3C2=O)c2ccc3ncc(-c4cnn(C)c4)nc3c2)c1. The number of rotatable bonds is 27. The molecular weight excluding hydrogens is 1400 g/mol. The van der Waals surface area contributed by atoms with Gasteiger partial charge in [-0.2, -0.15) is 15.3 Å². The summed E-state index contributed by atoms with van der Waals surface area (Å²) in [6.45, 7) is 7.28. The summed E-state index contributed by atoms with van der Waals surface area (Å²) < 4.78 is 32.6. The molecule has 0 aliphatic carbocycles. The van der Waals surface area contributed by atoms with E-state index in [0.29, 0.717) is 95.3 Å². The van der Waals surface area contributed by atoms with Gasteiger partial charge in [0.15, 0.2) is 0 Å². The maximum atomic E-state index is 12.9. The minimum atomic E-state index is -0.260. The van der Waals surface area contributed by atoms with Crippen LogP contribution in [0.1, 0.15) is 51.3 Å². The zero-order chi connectivity index (χ0) is 77.5. The van der Waals surface area contributed by atoms with E-state index in [-0.39, 0.29) is 36.7 Å². The smallest absolute Gasteiger partial charge is 0.261 e. The molecule has 564 valence electrons. The fraction of sp³-hybridized carbons (Fsp3) is 0.247. The molecule has 7 heterocycles. The minimum Gasteiger partial charge on any atom is -0.497 e. The van der Waals surface area contributed by atoms with Crippen molar-refractivity contribution in [1.29, 1.82) is 0 Å². The van der Waals surface area contributed by atoms with Gasteiger partial charge >= 0.3 is 0 Å². The van der Waals surface area contributed by atoms with Crippen LogP contribution in [-0.4, -0.2) is 182 Å². The average Bonchev–Trinajstić information content (AvgIpc) is 1.47. The molecule has 13 aromatic rings. The van der Waals surface area contributed by atoms with Crippen molar-refractivity contribution >= 4 is 90.9 Å². The molecular formula is C81H86N20O9. The highest BCUT2D eigenvalue weighted by Crippen LogP contribution is 2.38. The zero-order valence-electron chi connectivity index (χ0n) is 63.0. The van der Waals surface area contributed by atoms with Gasteiger partial charge < -0.3 is 60.1 Å². The molecule has 0 saturated carbocycles. The Morgan fingerprint density at radius 2 is 0.873 bits per heavy atom. The van der Waals surface area contributed by atoms with Gasteiger partial charge in [0.25, 0.3) is 17.7 Å². The first-order chi connectivity index (χ1) is 53.3. The Balaban J connectivity index is 0.000000155. The van der Waals surface area contributed by atoms with E-state index >= 15 is 0 Å². The van der Waals surface area contributed by atoms with Gasteiger partial charge in [0.2, 0.25) is 5.91 Å². The third-order valence-electron chi connectivity index (χ3n) is 18.0. The van der Waals surface area contributed by atoms with Gasteiger partial charge in [-0.05, 0) is 85.3 Å². The molecule has 0 spiro atoms. The molecule has 0 atom stereocenters. The fourth-order valence-corrected chi connectivity index (χ4v) is 12.5. The fourth-order valence-electron chi connectivity index (χ4n) is 12.5. The molecule has 110 heavy (non-hydrogen) atoms. The average molecular weight is 1480 g/mol. The summed E-state index contributed by atoms with van der Waals surface area (Å²) in [5, 5.41) is 21.7. The summed E-state index contributed by atoms with van der Waals surface area (Å²) >= 11 is 0. The van der Waals surface area contributed by atoms with E-state index in [9.17, 15) is 19.2 Å². The van der Waals surface area contributed by atoms with Crippen molar-refractivity contribution in [2.75, 3.05) is 103 Å². The number of ether oxygens (including phenoxy) is 5. The molecule has 0 saturated heterocycles. The highest BCUT2D eigenvalue weighted by molar-refractivity contribution is 6.21. The first kappa shape index (κ1) is 76.2. The number of carbonyl (C=O) groups is 4. The van der Waals surface area contributed by atoms with Gasteiger partial charge in [-0.15, -0.1) is 0 Å². The Morgan fingerprint density at radius 1 is 0.473 bits per heavy atom. The summed E-state index contributed by atoms with van der Waals surface area (Å²) in [5.41, 5.74) is 21.3. The van der Waals surface area contributed by atoms with E-state index in [1.165, 1.54) is 4.90 Å². The van der Waals surface area contributed by atoms with Crippen LogP contribution in [0.5, 0.6) is 28.7 Å². The van der Waals surface area contributed by atoms with Crippen molar-refractivity contribution in [3.8, 4) is 62.5 Å². The molecule has 1 aliphatic rings. The highest BCUT2D eigenvalue weighted by Gasteiger charge is 2.35. The summed E-state index contributed by atoms with van der Waals surface area (Å²) in [6.07, 6.45) is 16.7. The number of benzene rings is 7. The van der Waals surface area contributed by atoms with Crippen LogP contribution in [0.2, 0.25) is 0 Å².